The SMILES string of the molecule is CC(N)COCc1ccc(OC(F)F)cc1. The number of nitrogens with two attached hydrogens (primary N) is 1. The quantitative estimate of drug-likeness (QED) is 0.815. The van der Waals surface area contributed by atoms with Crippen LogP contribution in [0, 0.1) is 0 Å². The van der Waals surface area contributed by atoms with Crippen LogP contribution in [-0.2, 0) is 11.3 Å². The maximum atomic E-state index is 11.9. The summed E-state index contributed by atoms with van der Waals surface area (Å²) in [6, 6.07) is 6.31. The fourth-order valence-electron chi connectivity index (χ4n) is 1.13. The fraction of sp³-hybridized carbons (Fsp3) is 0.455. The molecule has 90 valence electrons. The standard InChI is InChI=1S/C11H15F2NO2/c1-8(14)6-15-7-9-2-4-10(5-3-9)16-11(12)13/h2-5,8,11H,6-7,14H2,1H3. The van der Waals surface area contributed by atoms with Gasteiger partial charge >= 0.3 is 6.61 Å². The van der Waals surface area contributed by atoms with Crippen molar-refractivity contribution in [2.45, 2.75) is 26.2 Å². The maximum absolute atomic E-state index is 11.9. The van der Waals surface area contributed by atoms with E-state index < -0.39 is 6.61 Å². The summed E-state index contributed by atoms with van der Waals surface area (Å²) < 4.78 is 33.2. The third-order valence-corrected chi connectivity index (χ3v) is 1.80. The molecule has 0 amide bonds. The van der Waals surface area contributed by atoms with E-state index in [0.29, 0.717) is 13.2 Å². The number of benzene rings is 1. The summed E-state index contributed by atoms with van der Waals surface area (Å²) in [5, 5.41) is 0. The Morgan fingerprint density at radius 3 is 2.38 bits per heavy atom. The van der Waals surface area contributed by atoms with E-state index in [4.69, 9.17) is 10.5 Å². The van der Waals surface area contributed by atoms with Gasteiger partial charge in [-0.05, 0) is 24.6 Å². The smallest absolute Gasteiger partial charge is 0.387 e. The van der Waals surface area contributed by atoms with Crippen molar-refractivity contribution in [3.8, 4) is 5.75 Å². The van der Waals surface area contributed by atoms with Crippen LogP contribution in [0.25, 0.3) is 0 Å². The zero-order valence-electron chi connectivity index (χ0n) is 9.03. The topological polar surface area (TPSA) is 44.5 Å². The van der Waals surface area contributed by atoms with Crippen LogP contribution in [0.1, 0.15) is 12.5 Å². The molecule has 1 atom stereocenters. The molecule has 1 aromatic carbocycles. The monoisotopic (exact) mass is 231 g/mol. The van der Waals surface area contributed by atoms with Gasteiger partial charge in [0.1, 0.15) is 5.75 Å². The first-order valence-corrected chi connectivity index (χ1v) is 4.95. The molecular formula is C11H15F2NO2. The normalized spacial score (nSPS) is 12.8. The first kappa shape index (κ1) is 12.9. The lowest BCUT2D eigenvalue weighted by molar-refractivity contribution is -0.0498. The van der Waals surface area contributed by atoms with E-state index in [1.54, 1.807) is 12.1 Å². The van der Waals surface area contributed by atoms with Gasteiger partial charge in [0.05, 0.1) is 13.2 Å². The lowest BCUT2D eigenvalue weighted by Gasteiger charge is -2.08. The molecule has 1 aromatic rings. The lowest BCUT2D eigenvalue weighted by Crippen LogP contribution is -2.21. The van der Waals surface area contributed by atoms with Crippen molar-refractivity contribution in [3.63, 3.8) is 0 Å². The zero-order valence-corrected chi connectivity index (χ0v) is 9.03. The van der Waals surface area contributed by atoms with Crippen molar-refractivity contribution in [2.75, 3.05) is 6.61 Å². The van der Waals surface area contributed by atoms with Crippen molar-refractivity contribution >= 4 is 0 Å². The molecule has 0 aromatic heterocycles. The minimum absolute atomic E-state index is 0.0126. The van der Waals surface area contributed by atoms with E-state index in [0.717, 1.165) is 5.56 Å². The van der Waals surface area contributed by atoms with Crippen LogP contribution in [0.5, 0.6) is 5.75 Å². The van der Waals surface area contributed by atoms with E-state index in [-0.39, 0.29) is 11.8 Å². The number of alkyl halides is 2. The van der Waals surface area contributed by atoms with Crippen molar-refractivity contribution in [1.29, 1.82) is 0 Å². The Morgan fingerprint density at radius 1 is 1.25 bits per heavy atom. The van der Waals surface area contributed by atoms with Gasteiger partial charge in [-0.25, -0.2) is 0 Å². The third kappa shape index (κ3) is 5.04. The van der Waals surface area contributed by atoms with Gasteiger partial charge < -0.3 is 15.2 Å². The first-order valence-electron chi connectivity index (χ1n) is 4.95. The number of halogens is 2. The molecule has 0 saturated heterocycles. The molecule has 0 aliphatic rings. The second kappa shape index (κ2) is 6.40. The van der Waals surface area contributed by atoms with Crippen molar-refractivity contribution in [2.24, 2.45) is 5.73 Å². The average molecular weight is 231 g/mol. The highest BCUT2D eigenvalue weighted by Gasteiger charge is 2.03. The second-order valence-electron chi connectivity index (χ2n) is 3.51. The fourth-order valence-corrected chi connectivity index (χ4v) is 1.13. The highest BCUT2D eigenvalue weighted by molar-refractivity contribution is 5.26. The van der Waals surface area contributed by atoms with E-state index in [1.807, 2.05) is 6.92 Å². The Bertz CT molecular complexity index is 301. The molecule has 0 aliphatic heterocycles. The molecular weight excluding hydrogens is 216 g/mol. The van der Waals surface area contributed by atoms with E-state index in [2.05, 4.69) is 4.74 Å². The Morgan fingerprint density at radius 2 is 1.88 bits per heavy atom. The molecule has 2 N–H and O–H groups in total. The first-order chi connectivity index (χ1) is 7.58. The summed E-state index contributed by atoms with van der Waals surface area (Å²) in [6.07, 6.45) is 0. The molecule has 0 fully saturated rings. The zero-order chi connectivity index (χ0) is 12.0. The van der Waals surface area contributed by atoms with E-state index in [1.165, 1.54) is 12.1 Å². The van der Waals surface area contributed by atoms with Gasteiger partial charge in [-0.1, -0.05) is 12.1 Å². The molecule has 3 nitrogen and oxygen atoms in total. The Balaban J connectivity index is 2.39. The predicted molar refractivity (Wildman–Crippen MR) is 56.4 cm³/mol. The van der Waals surface area contributed by atoms with Gasteiger partial charge in [0.2, 0.25) is 0 Å². The highest BCUT2D eigenvalue weighted by Crippen LogP contribution is 2.15. The molecule has 1 rings (SSSR count). The van der Waals surface area contributed by atoms with Gasteiger partial charge in [0, 0.05) is 6.04 Å². The molecule has 0 saturated carbocycles. The van der Waals surface area contributed by atoms with Gasteiger partial charge in [0.15, 0.2) is 0 Å². The van der Waals surface area contributed by atoms with E-state index >= 15 is 0 Å². The summed E-state index contributed by atoms with van der Waals surface area (Å²) in [5.74, 6) is 0.144. The predicted octanol–water partition coefficient (Wildman–Crippen LogP) is 2.15. The van der Waals surface area contributed by atoms with Crippen molar-refractivity contribution < 1.29 is 18.3 Å². The molecule has 16 heavy (non-hydrogen) atoms. The number of hydrogen-bond donors (Lipinski definition) is 1. The Kier molecular flexibility index (Phi) is 5.14. The molecule has 5 heteroatoms. The largest absolute Gasteiger partial charge is 0.435 e. The molecule has 0 spiro atoms. The number of hydrogen-bond acceptors (Lipinski definition) is 3. The summed E-state index contributed by atoms with van der Waals surface area (Å²) in [5.41, 5.74) is 6.40. The van der Waals surface area contributed by atoms with Crippen LogP contribution >= 0.6 is 0 Å². The molecule has 0 bridgehead atoms. The van der Waals surface area contributed by atoms with E-state index in [9.17, 15) is 8.78 Å². The maximum Gasteiger partial charge on any atom is 0.387 e. The summed E-state index contributed by atoms with van der Waals surface area (Å²) in [7, 11) is 0. The molecule has 0 radical (unpaired) electrons. The summed E-state index contributed by atoms with van der Waals surface area (Å²) >= 11 is 0. The summed E-state index contributed by atoms with van der Waals surface area (Å²) in [6.45, 7) is -0.0640. The van der Waals surface area contributed by atoms with Crippen molar-refractivity contribution in [3.05, 3.63) is 29.8 Å². The number of rotatable bonds is 6. The molecule has 1 unspecified atom stereocenters. The van der Waals surface area contributed by atoms with Gasteiger partial charge in [-0.2, -0.15) is 8.78 Å². The van der Waals surface area contributed by atoms with Crippen molar-refractivity contribution in [1.82, 2.24) is 0 Å². The number of ether oxygens (including phenoxy) is 2. The molecule has 0 heterocycles. The minimum Gasteiger partial charge on any atom is -0.435 e. The Hall–Kier alpha value is -1.20. The minimum atomic E-state index is -2.79. The van der Waals surface area contributed by atoms with Crippen LogP contribution in [0.15, 0.2) is 24.3 Å². The third-order valence-electron chi connectivity index (χ3n) is 1.80. The Labute approximate surface area is 93.2 Å². The van der Waals surface area contributed by atoms with Gasteiger partial charge in [0.25, 0.3) is 0 Å². The summed E-state index contributed by atoms with van der Waals surface area (Å²) in [4.78, 5) is 0. The average Bonchev–Trinajstić information content (AvgIpc) is 2.19. The van der Waals surface area contributed by atoms with Crippen LogP contribution in [0.3, 0.4) is 0 Å². The highest BCUT2D eigenvalue weighted by atomic mass is 19.3. The van der Waals surface area contributed by atoms with Crippen LogP contribution in [0.2, 0.25) is 0 Å². The van der Waals surface area contributed by atoms with Gasteiger partial charge in [-0.15, -0.1) is 0 Å². The van der Waals surface area contributed by atoms with Crippen LogP contribution in [0.4, 0.5) is 8.78 Å². The van der Waals surface area contributed by atoms with Crippen LogP contribution in [-0.4, -0.2) is 19.3 Å². The lowest BCUT2D eigenvalue weighted by atomic mass is 10.2. The second-order valence-corrected chi connectivity index (χ2v) is 3.51. The molecule has 0 aliphatic carbocycles. The van der Waals surface area contributed by atoms with Gasteiger partial charge in [-0.3, -0.25) is 0 Å². The van der Waals surface area contributed by atoms with Crippen LogP contribution < -0.4 is 10.5 Å².